The second-order valence-electron chi connectivity index (χ2n) is 8.71. The molecule has 0 aromatic heterocycles. The van der Waals surface area contributed by atoms with Gasteiger partial charge in [0.15, 0.2) is 0 Å². The molecule has 0 heterocycles. The Morgan fingerprint density at radius 1 is 1.04 bits per heavy atom. The van der Waals surface area contributed by atoms with Crippen LogP contribution in [0.2, 0.25) is 0 Å². The minimum absolute atomic E-state index is 0.291. The van der Waals surface area contributed by atoms with Crippen LogP contribution < -0.4 is 16.0 Å². The van der Waals surface area contributed by atoms with Gasteiger partial charge in [0.05, 0.1) is 0 Å². The fourth-order valence-electron chi connectivity index (χ4n) is 6.08. The number of benzene rings is 1. The van der Waals surface area contributed by atoms with Crippen molar-refractivity contribution >= 4 is 11.9 Å². The number of nitrogens with one attached hydrogen (secondary N) is 3. The molecular weight excluding hydrogens is 326 g/mol. The van der Waals surface area contributed by atoms with Crippen molar-refractivity contribution in [3.8, 4) is 0 Å². The van der Waals surface area contributed by atoms with Crippen LogP contribution in [-0.2, 0) is 4.79 Å². The monoisotopic (exact) mass is 355 g/mol. The SMILES string of the molecule is CNC(=O)NC(=O)[C@@H](NCC12CC3CC(CC(C3)C1)C2)c1ccccc1. The first-order valence-electron chi connectivity index (χ1n) is 9.88. The molecule has 4 aliphatic carbocycles. The summed E-state index contributed by atoms with van der Waals surface area (Å²) in [5, 5.41) is 8.42. The van der Waals surface area contributed by atoms with Crippen LogP contribution in [0.3, 0.4) is 0 Å². The summed E-state index contributed by atoms with van der Waals surface area (Å²) in [6.45, 7) is 0.858. The Morgan fingerprint density at radius 2 is 1.62 bits per heavy atom. The Morgan fingerprint density at radius 3 is 2.15 bits per heavy atom. The van der Waals surface area contributed by atoms with E-state index < -0.39 is 12.1 Å². The molecule has 5 rings (SSSR count). The molecule has 140 valence electrons. The zero-order chi connectivity index (χ0) is 18.1. The molecule has 4 saturated carbocycles. The van der Waals surface area contributed by atoms with Gasteiger partial charge in [-0.3, -0.25) is 10.1 Å². The van der Waals surface area contributed by atoms with Gasteiger partial charge in [0.25, 0.3) is 0 Å². The molecule has 26 heavy (non-hydrogen) atoms. The average Bonchev–Trinajstić information content (AvgIpc) is 2.61. The van der Waals surface area contributed by atoms with Crippen LogP contribution in [0, 0.1) is 23.2 Å². The second kappa shape index (κ2) is 7.03. The lowest BCUT2D eigenvalue weighted by molar-refractivity contribution is -0.122. The smallest absolute Gasteiger partial charge is 0.321 e. The molecule has 5 nitrogen and oxygen atoms in total. The van der Waals surface area contributed by atoms with Crippen molar-refractivity contribution in [2.24, 2.45) is 23.2 Å². The van der Waals surface area contributed by atoms with Crippen molar-refractivity contribution in [1.29, 1.82) is 0 Å². The van der Waals surface area contributed by atoms with Crippen molar-refractivity contribution in [3.63, 3.8) is 0 Å². The third kappa shape index (κ3) is 3.50. The number of rotatable bonds is 5. The van der Waals surface area contributed by atoms with E-state index in [1.165, 1.54) is 45.6 Å². The third-order valence-corrected chi connectivity index (χ3v) is 6.71. The van der Waals surface area contributed by atoms with Gasteiger partial charge in [-0.2, -0.15) is 0 Å². The highest BCUT2D eigenvalue weighted by molar-refractivity contribution is 5.97. The number of carbonyl (C=O) groups is 2. The van der Waals surface area contributed by atoms with E-state index in [0.717, 1.165) is 29.9 Å². The molecule has 1 aromatic rings. The van der Waals surface area contributed by atoms with Crippen molar-refractivity contribution in [2.75, 3.05) is 13.6 Å². The number of urea groups is 1. The zero-order valence-electron chi connectivity index (χ0n) is 15.5. The van der Waals surface area contributed by atoms with E-state index in [1.54, 1.807) is 0 Å². The summed E-state index contributed by atoms with van der Waals surface area (Å²) >= 11 is 0. The summed E-state index contributed by atoms with van der Waals surface area (Å²) < 4.78 is 0. The molecule has 5 heteroatoms. The molecule has 0 saturated heterocycles. The van der Waals surface area contributed by atoms with Crippen molar-refractivity contribution in [1.82, 2.24) is 16.0 Å². The van der Waals surface area contributed by atoms with E-state index in [4.69, 9.17) is 0 Å². The lowest BCUT2D eigenvalue weighted by atomic mass is 9.49. The summed E-state index contributed by atoms with van der Waals surface area (Å²) in [6, 6.07) is 8.73. The number of hydrogen-bond donors (Lipinski definition) is 3. The summed E-state index contributed by atoms with van der Waals surface area (Å²) in [6.07, 6.45) is 8.13. The summed E-state index contributed by atoms with van der Waals surface area (Å²) in [4.78, 5) is 24.3. The lowest BCUT2D eigenvalue weighted by Crippen LogP contribution is -2.52. The maximum atomic E-state index is 12.7. The Labute approximate surface area is 155 Å². The minimum atomic E-state index is -0.499. The molecular formula is C21H29N3O2. The van der Waals surface area contributed by atoms with Gasteiger partial charge in [0.1, 0.15) is 6.04 Å². The van der Waals surface area contributed by atoms with Crippen LogP contribution in [-0.4, -0.2) is 25.5 Å². The third-order valence-electron chi connectivity index (χ3n) is 6.71. The van der Waals surface area contributed by atoms with Crippen LogP contribution >= 0.6 is 0 Å². The Balaban J connectivity index is 1.48. The highest BCUT2D eigenvalue weighted by atomic mass is 16.2. The molecule has 4 fully saturated rings. The molecule has 0 unspecified atom stereocenters. The standard InChI is InChI=1S/C21H29N3O2/c1-22-20(26)24-19(25)18(17-5-3-2-4-6-17)23-13-21-10-14-7-15(11-21)9-16(8-14)12-21/h2-6,14-16,18,23H,7-13H2,1H3,(H2,22,24,25,26)/t14?,15?,16?,18-,21?/m0/s1. The Hall–Kier alpha value is -1.88. The van der Waals surface area contributed by atoms with Gasteiger partial charge in [-0.1, -0.05) is 30.3 Å². The number of amides is 3. The molecule has 1 aromatic carbocycles. The Kier molecular flexibility index (Phi) is 4.74. The quantitative estimate of drug-likeness (QED) is 0.760. The second-order valence-corrected chi connectivity index (χ2v) is 8.71. The van der Waals surface area contributed by atoms with E-state index in [-0.39, 0.29) is 5.91 Å². The number of hydrogen-bond acceptors (Lipinski definition) is 3. The fourth-order valence-corrected chi connectivity index (χ4v) is 6.08. The van der Waals surface area contributed by atoms with Crippen LogP contribution in [0.25, 0.3) is 0 Å². The molecule has 1 atom stereocenters. The topological polar surface area (TPSA) is 70.2 Å². The first-order valence-corrected chi connectivity index (χ1v) is 9.88. The first-order chi connectivity index (χ1) is 12.6. The predicted octanol–water partition coefficient (Wildman–Crippen LogP) is 2.99. The molecule has 3 N–H and O–H groups in total. The van der Waals surface area contributed by atoms with E-state index in [2.05, 4.69) is 16.0 Å². The van der Waals surface area contributed by atoms with Gasteiger partial charge in [0.2, 0.25) is 5.91 Å². The van der Waals surface area contributed by atoms with Crippen LogP contribution in [0.5, 0.6) is 0 Å². The lowest BCUT2D eigenvalue weighted by Gasteiger charge is -2.57. The average molecular weight is 355 g/mol. The molecule has 3 amide bonds. The highest BCUT2D eigenvalue weighted by Gasteiger charge is 2.50. The largest absolute Gasteiger partial charge is 0.341 e. The van der Waals surface area contributed by atoms with Crippen LogP contribution in [0.1, 0.15) is 50.1 Å². The Bertz CT molecular complexity index is 638. The highest BCUT2D eigenvalue weighted by Crippen LogP contribution is 2.59. The molecule has 4 aliphatic rings. The van der Waals surface area contributed by atoms with E-state index in [1.807, 2.05) is 30.3 Å². The minimum Gasteiger partial charge on any atom is -0.341 e. The van der Waals surface area contributed by atoms with E-state index >= 15 is 0 Å². The maximum Gasteiger partial charge on any atom is 0.321 e. The maximum absolute atomic E-state index is 12.7. The van der Waals surface area contributed by atoms with Crippen molar-refractivity contribution in [3.05, 3.63) is 35.9 Å². The molecule has 4 bridgehead atoms. The molecule has 0 radical (unpaired) electrons. The molecule has 0 spiro atoms. The van der Waals surface area contributed by atoms with Crippen LogP contribution in [0.15, 0.2) is 30.3 Å². The predicted molar refractivity (Wildman–Crippen MR) is 100 cm³/mol. The van der Waals surface area contributed by atoms with Crippen molar-refractivity contribution in [2.45, 2.75) is 44.6 Å². The van der Waals surface area contributed by atoms with Gasteiger partial charge >= 0.3 is 6.03 Å². The van der Waals surface area contributed by atoms with E-state index in [0.29, 0.717) is 5.41 Å². The summed E-state index contributed by atoms with van der Waals surface area (Å²) in [7, 11) is 1.52. The van der Waals surface area contributed by atoms with E-state index in [9.17, 15) is 9.59 Å². The fraction of sp³-hybridized carbons (Fsp3) is 0.619. The normalized spacial score (nSPS) is 32.9. The number of imide groups is 1. The molecule has 0 aliphatic heterocycles. The van der Waals surface area contributed by atoms with Gasteiger partial charge in [-0.15, -0.1) is 0 Å². The van der Waals surface area contributed by atoms with Crippen LogP contribution in [0.4, 0.5) is 4.79 Å². The van der Waals surface area contributed by atoms with Gasteiger partial charge in [-0.05, 0) is 67.3 Å². The zero-order valence-corrected chi connectivity index (χ0v) is 15.5. The van der Waals surface area contributed by atoms with Gasteiger partial charge in [-0.25, -0.2) is 4.79 Å². The van der Waals surface area contributed by atoms with Gasteiger partial charge < -0.3 is 10.6 Å². The number of carbonyl (C=O) groups excluding carboxylic acids is 2. The van der Waals surface area contributed by atoms with Crippen molar-refractivity contribution < 1.29 is 9.59 Å². The summed E-state index contributed by atoms with van der Waals surface area (Å²) in [5.74, 6) is 2.37. The first kappa shape index (κ1) is 17.5. The summed E-state index contributed by atoms with van der Waals surface area (Å²) in [5.41, 5.74) is 1.24. The van der Waals surface area contributed by atoms with Gasteiger partial charge in [0, 0.05) is 13.6 Å².